The summed E-state index contributed by atoms with van der Waals surface area (Å²) in [6.45, 7) is 0.248. The van der Waals surface area contributed by atoms with E-state index < -0.39 is 4.92 Å². The number of carbonyl (C=O) groups excluding carboxylic acids is 1. The summed E-state index contributed by atoms with van der Waals surface area (Å²) in [7, 11) is 0. The minimum Gasteiger partial charge on any atom is -0.488 e. The molecule has 2 aromatic rings. The quantitative estimate of drug-likeness (QED) is 0.501. The number of non-ortho nitro benzene ring substituents is 1. The van der Waals surface area contributed by atoms with Crippen LogP contribution in [0.3, 0.4) is 0 Å². The third kappa shape index (κ3) is 4.04. The van der Waals surface area contributed by atoms with E-state index in [1.54, 1.807) is 24.3 Å². The number of nitrogens with zero attached hydrogens (tertiary/aromatic N) is 2. The van der Waals surface area contributed by atoms with Gasteiger partial charge in [-0.2, -0.15) is 4.99 Å². The molecule has 0 saturated carbocycles. The first-order valence-electron chi connectivity index (χ1n) is 7.26. The number of amides is 1. The second-order valence-corrected chi connectivity index (χ2v) is 6.18. The lowest BCUT2D eigenvalue weighted by atomic mass is 10.1. The number of nitro benzene ring substituents is 1. The first-order chi connectivity index (χ1) is 12.0. The third-order valence-corrected chi connectivity index (χ3v) is 4.20. The smallest absolute Gasteiger partial charge is 0.286 e. The molecule has 7 nitrogen and oxygen atoms in total. The zero-order valence-electron chi connectivity index (χ0n) is 12.9. The maximum absolute atomic E-state index is 11.7. The summed E-state index contributed by atoms with van der Waals surface area (Å²) in [6, 6.07) is 13.4. The molecule has 3 rings (SSSR count). The van der Waals surface area contributed by atoms with Crippen molar-refractivity contribution in [3.63, 3.8) is 0 Å². The van der Waals surface area contributed by atoms with Crippen LogP contribution in [0, 0.1) is 10.1 Å². The van der Waals surface area contributed by atoms with Crippen LogP contribution in [0.4, 0.5) is 5.69 Å². The molecule has 1 heterocycles. The van der Waals surface area contributed by atoms with Gasteiger partial charge in [-0.15, -0.1) is 0 Å². The summed E-state index contributed by atoms with van der Waals surface area (Å²) in [5.41, 5.74) is 7.10. The summed E-state index contributed by atoms with van der Waals surface area (Å²) in [6.07, 6.45) is 1.68. The molecular weight excluding hydrogens is 342 g/mol. The summed E-state index contributed by atoms with van der Waals surface area (Å²) < 4.78 is 5.79. The van der Waals surface area contributed by atoms with Crippen molar-refractivity contribution in [2.75, 3.05) is 0 Å². The van der Waals surface area contributed by atoms with E-state index in [1.807, 2.05) is 18.2 Å². The highest BCUT2D eigenvalue weighted by atomic mass is 32.2. The van der Waals surface area contributed by atoms with Gasteiger partial charge in [0.05, 0.1) is 9.83 Å². The van der Waals surface area contributed by atoms with E-state index in [0.717, 1.165) is 22.9 Å². The number of benzene rings is 2. The highest BCUT2D eigenvalue weighted by Crippen LogP contribution is 2.30. The third-order valence-electron chi connectivity index (χ3n) is 3.38. The number of carbonyl (C=O) groups is 1. The van der Waals surface area contributed by atoms with Gasteiger partial charge >= 0.3 is 0 Å². The summed E-state index contributed by atoms with van der Waals surface area (Å²) in [4.78, 5) is 26.0. The molecule has 8 heteroatoms. The van der Waals surface area contributed by atoms with E-state index >= 15 is 0 Å². The van der Waals surface area contributed by atoms with Crippen LogP contribution in [0.1, 0.15) is 11.1 Å². The van der Waals surface area contributed by atoms with Gasteiger partial charge in [-0.1, -0.05) is 18.2 Å². The lowest BCUT2D eigenvalue weighted by molar-refractivity contribution is -0.384. The average Bonchev–Trinajstić information content (AvgIpc) is 2.91. The van der Waals surface area contributed by atoms with Gasteiger partial charge in [0.2, 0.25) is 0 Å². The molecule has 25 heavy (non-hydrogen) atoms. The minimum atomic E-state index is -0.448. The van der Waals surface area contributed by atoms with Crippen molar-refractivity contribution in [1.29, 1.82) is 0 Å². The monoisotopic (exact) mass is 355 g/mol. The zero-order valence-corrected chi connectivity index (χ0v) is 13.7. The molecule has 0 atom stereocenters. The van der Waals surface area contributed by atoms with Gasteiger partial charge in [0, 0.05) is 17.7 Å². The highest BCUT2D eigenvalue weighted by Gasteiger charge is 2.20. The van der Waals surface area contributed by atoms with Crippen LogP contribution in [0.25, 0.3) is 6.08 Å². The number of ether oxygens (including phenoxy) is 1. The van der Waals surface area contributed by atoms with Gasteiger partial charge in [0.15, 0.2) is 5.17 Å². The number of aliphatic imine (C=N–C) groups is 1. The number of rotatable bonds is 5. The van der Waals surface area contributed by atoms with E-state index in [2.05, 4.69) is 4.99 Å². The maximum atomic E-state index is 11.7. The molecule has 0 aliphatic carbocycles. The molecule has 2 N–H and O–H groups in total. The Balaban J connectivity index is 1.74. The van der Waals surface area contributed by atoms with E-state index in [9.17, 15) is 14.9 Å². The van der Waals surface area contributed by atoms with Gasteiger partial charge in [-0.05, 0) is 41.6 Å². The SMILES string of the molecule is NC1=NC(=O)/C(=C/c2ccccc2OCc2ccc([N+](=O)[O-])cc2)S1. The number of amidine groups is 1. The van der Waals surface area contributed by atoms with Crippen LogP contribution in [-0.2, 0) is 11.4 Å². The van der Waals surface area contributed by atoms with Crippen molar-refractivity contribution < 1.29 is 14.5 Å². The normalized spacial score (nSPS) is 15.3. The Labute approximate surface area is 147 Å². The standard InChI is InChI=1S/C17H13N3O4S/c18-17-19-16(21)15(25-17)9-12-3-1-2-4-14(12)24-10-11-5-7-13(8-6-11)20(22)23/h1-9H,10H2,(H2,18,19,21)/b15-9-. The predicted octanol–water partition coefficient (Wildman–Crippen LogP) is 3.10. The van der Waals surface area contributed by atoms with Gasteiger partial charge < -0.3 is 10.5 Å². The van der Waals surface area contributed by atoms with Crippen LogP contribution >= 0.6 is 11.8 Å². The van der Waals surface area contributed by atoms with Crippen LogP contribution < -0.4 is 10.5 Å². The number of nitro groups is 1. The number of thioether (sulfide) groups is 1. The topological polar surface area (TPSA) is 108 Å². The summed E-state index contributed by atoms with van der Waals surface area (Å²) >= 11 is 1.12. The molecule has 0 saturated heterocycles. The number of hydrogen-bond acceptors (Lipinski definition) is 6. The molecule has 0 bridgehead atoms. The highest BCUT2D eigenvalue weighted by molar-refractivity contribution is 8.18. The Morgan fingerprint density at radius 3 is 2.56 bits per heavy atom. The average molecular weight is 355 g/mol. The van der Waals surface area contributed by atoms with Crippen molar-refractivity contribution in [3.8, 4) is 5.75 Å². The van der Waals surface area contributed by atoms with Crippen LogP contribution in [-0.4, -0.2) is 16.0 Å². The zero-order chi connectivity index (χ0) is 17.8. The van der Waals surface area contributed by atoms with Crippen molar-refractivity contribution >= 4 is 34.6 Å². The Morgan fingerprint density at radius 2 is 1.92 bits per heavy atom. The van der Waals surface area contributed by atoms with Crippen LogP contribution in [0.15, 0.2) is 58.4 Å². The van der Waals surface area contributed by atoms with Gasteiger partial charge in [-0.3, -0.25) is 14.9 Å². The van der Waals surface area contributed by atoms with Gasteiger partial charge in [-0.25, -0.2) is 0 Å². The minimum absolute atomic E-state index is 0.0308. The van der Waals surface area contributed by atoms with Crippen molar-refractivity contribution in [2.24, 2.45) is 10.7 Å². The number of para-hydroxylation sites is 1. The molecule has 0 unspecified atom stereocenters. The molecule has 0 radical (unpaired) electrons. The Hall–Kier alpha value is -3.13. The Morgan fingerprint density at radius 1 is 1.20 bits per heavy atom. The van der Waals surface area contributed by atoms with Crippen molar-refractivity contribution in [1.82, 2.24) is 0 Å². The lowest BCUT2D eigenvalue weighted by Crippen LogP contribution is -2.01. The Bertz CT molecular complexity index is 891. The fourth-order valence-electron chi connectivity index (χ4n) is 2.17. The summed E-state index contributed by atoms with van der Waals surface area (Å²) in [5.74, 6) is 0.222. The first-order valence-corrected chi connectivity index (χ1v) is 8.08. The number of nitrogens with two attached hydrogens (primary N) is 1. The van der Waals surface area contributed by atoms with Gasteiger partial charge in [0.25, 0.3) is 11.6 Å². The molecule has 0 fully saturated rings. The summed E-state index contributed by atoms with van der Waals surface area (Å²) in [5, 5.41) is 10.9. The molecule has 1 amide bonds. The second-order valence-electron chi connectivity index (χ2n) is 5.12. The first kappa shape index (κ1) is 16.7. The van der Waals surface area contributed by atoms with E-state index in [-0.39, 0.29) is 23.4 Å². The molecule has 0 aromatic heterocycles. The van der Waals surface area contributed by atoms with Crippen LogP contribution in [0.2, 0.25) is 0 Å². The van der Waals surface area contributed by atoms with Crippen LogP contribution in [0.5, 0.6) is 5.75 Å². The van der Waals surface area contributed by atoms with Crippen molar-refractivity contribution in [3.05, 3.63) is 74.7 Å². The second kappa shape index (κ2) is 7.18. The largest absolute Gasteiger partial charge is 0.488 e. The van der Waals surface area contributed by atoms with Crippen molar-refractivity contribution in [2.45, 2.75) is 6.61 Å². The predicted molar refractivity (Wildman–Crippen MR) is 96.1 cm³/mol. The van der Waals surface area contributed by atoms with E-state index in [1.165, 1.54) is 12.1 Å². The molecule has 2 aromatic carbocycles. The fraction of sp³-hybridized carbons (Fsp3) is 0.0588. The van der Waals surface area contributed by atoms with Gasteiger partial charge in [0.1, 0.15) is 12.4 Å². The Kier molecular flexibility index (Phi) is 4.80. The molecule has 1 aliphatic rings. The molecule has 126 valence electrons. The van der Waals surface area contributed by atoms with E-state index in [0.29, 0.717) is 10.7 Å². The maximum Gasteiger partial charge on any atom is 0.286 e. The fourth-order valence-corrected chi connectivity index (χ4v) is 2.85. The van der Waals surface area contributed by atoms with E-state index in [4.69, 9.17) is 10.5 Å². The molecular formula is C17H13N3O4S. The molecule has 1 aliphatic heterocycles. The lowest BCUT2D eigenvalue weighted by Gasteiger charge is -2.09. The molecule has 0 spiro atoms. The number of hydrogen-bond donors (Lipinski definition) is 1.